The summed E-state index contributed by atoms with van der Waals surface area (Å²) in [7, 11) is -3.79. The number of carbonyl (C=O) groups is 2. The van der Waals surface area contributed by atoms with Gasteiger partial charge in [0.25, 0.3) is 10.2 Å². The number of nitrogens with zero attached hydrogens (tertiary/aromatic N) is 2. The molecule has 1 aliphatic carbocycles. The first kappa shape index (κ1) is 25.3. The van der Waals surface area contributed by atoms with Gasteiger partial charge in [0.1, 0.15) is 11.9 Å². The number of halogens is 1. The van der Waals surface area contributed by atoms with Gasteiger partial charge in [-0.15, -0.1) is 0 Å². The Balaban J connectivity index is 1.71. The van der Waals surface area contributed by atoms with Crippen LogP contribution in [0.25, 0.3) is 0 Å². The lowest BCUT2D eigenvalue weighted by Gasteiger charge is -2.34. The lowest BCUT2D eigenvalue weighted by atomic mass is 9.93. The van der Waals surface area contributed by atoms with Crippen LogP contribution in [0.2, 0.25) is 0 Å². The van der Waals surface area contributed by atoms with E-state index in [4.69, 9.17) is 0 Å². The van der Waals surface area contributed by atoms with Crippen molar-refractivity contribution < 1.29 is 22.4 Å². The summed E-state index contributed by atoms with van der Waals surface area (Å²) in [6.45, 7) is 2.07. The Morgan fingerprint density at radius 3 is 2.46 bits per heavy atom. The van der Waals surface area contributed by atoms with Crippen LogP contribution >= 0.6 is 0 Å². The molecule has 2 aliphatic rings. The van der Waals surface area contributed by atoms with E-state index in [-0.39, 0.29) is 17.6 Å². The number of anilines is 1. The summed E-state index contributed by atoms with van der Waals surface area (Å²) in [4.78, 5) is 28.5. The third-order valence-electron chi connectivity index (χ3n) is 6.45. The molecule has 1 atom stereocenters. The molecule has 2 aromatic rings. The SMILES string of the molecule is Cc1ccccc1C(C(=O)NC1CCCCC1)N(C(=O)CNS(=O)(=O)N1CC1)c1cccc(F)c1. The molecule has 0 radical (unpaired) electrons. The van der Waals surface area contributed by atoms with Crippen LogP contribution in [0.15, 0.2) is 48.5 Å². The van der Waals surface area contributed by atoms with E-state index in [2.05, 4.69) is 10.0 Å². The minimum absolute atomic E-state index is 0.00611. The zero-order valence-corrected chi connectivity index (χ0v) is 20.6. The Kier molecular flexibility index (Phi) is 7.83. The highest BCUT2D eigenvalue weighted by molar-refractivity contribution is 7.87. The topological polar surface area (TPSA) is 98.6 Å². The van der Waals surface area contributed by atoms with Gasteiger partial charge in [0.2, 0.25) is 11.8 Å². The van der Waals surface area contributed by atoms with E-state index in [0.29, 0.717) is 18.7 Å². The molecule has 4 rings (SSSR count). The number of nitrogens with one attached hydrogen (secondary N) is 2. The summed E-state index contributed by atoms with van der Waals surface area (Å²) in [6, 6.07) is 11.5. The van der Waals surface area contributed by atoms with Crippen molar-refractivity contribution in [3.63, 3.8) is 0 Å². The molecule has 1 saturated heterocycles. The maximum absolute atomic E-state index is 14.2. The molecule has 10 heteroatoms. The van der Waals surface area contributed by atoms with Gasteiger partial charge in [0.15, 0.2) is 0 Å². The van der Waals surface area contributed by atoms with Crippen LogP contribution in [-0.2, 0) is 19.8 Å². The molecule has 1 saturated carbocycles. The minimum Gasteiger partial charge on any atom is -0.351 e. The molecule has 35 heavy (non-hydrogen) atoms. The van der Waals surface area contributed by atoms with Crippen LogP contribution in [-0.4, -0.2) is 50.2 Å². The van der Waals surface area contributed by atoms with Gasteiger partial charge in [-0.3, -0.25) is 14.5 Å². The molecule has 1 heterocycles. The average Bonchev–Trinajstić information content (AvgIpc) is 3.69. The van der Waals surface area contributed by atoms with E-state index in [0.717, 1.165) is 37.7 Å². The maximum atomic E-state index is 14.2. The minimum atomic E-state index is -3.79. The lowest BCUT2D eigenvalue weighted by molar-refractivity contribution is -0.127. The van der Waals surface area contributed by atoms with Crippen molar-refractivity contribution in [2.24, 2.45) is 0 Å². The van der Waals surface area contributed by atoms with E-state index >= 15 is 0 Å². The normalized spacial score (nSPS) is 17.5. The number of rotatable bonds is 9. The van der Waals surface area contributed by atoms with Crippen LogP contribution in [0.1, 0.15) is 49.3 Å². The van der Waals surface area contributed by atoms with Crippen LogP contribution in [0.5, 0.6) is 0 Å². The van der Waals surface area contributed by atoms with Gasteiger partial charge in [-0.1, -0.05) is 49.6 Å². The van der Waals surface area contributed by atoms with Crippen LogP contribution in [0, 0.1) is 12.7 Å². The van der Waals surface area contributed by atoms with E-state index in [9.17, 15) is 22.4 Å². The standard InChI is InChI=1S/C25H31FN4O4S/c1-18-8-5-6-13-22(18)24(25(32)28-20-10-3-2-4-11-20)30(21-12-7-9-19(26)16-21)23(31)17-27-35(33,34)29-14-15-29/h5-9,12-13,16,20,24,27H,2-4,10-11,14-15,17H2,1H3,(H,28,32). The predicted molar refractivity (Wildman–Crippen MR) is 131 cm³/mol. The fraction of sp³-hybridized carbons (Fsp3) is 0.440. The second-order valence-electron chi connectivity index (χ2n) is 9.07. The van der Waals surface area contributed by atoms with Gasteiger partial charge in [0.05, 0.1) is 6.54 Å². The number of hydrogen-bond acceptors (Lipinski definition) is 4. The Bertz CT molecular complexity index is 1180. The van der Waals surface area contributed by atoms with Gasteiger partial charge in [-0.05, 0) is 49.1 Å². The summed E-state index contributed by atoms with van der Waals surface area (Å²) in [5.41, 5.74) is 1.55. The highest BCUT2D eigenvalue weighted by Gasteiger charge is 2.37. The van der Waals surface area contributed by atoms with Gasteiger partial charge in [0, 0.05) is 24.8 Å². The number of aryl methyl sites for hydroxylation is 1. The molecular formula is C25H31FN4O4S. The Labute approximate surface area is 205 Å². The Morgan fingerprint density at radius 2 is 1.80 bits per heavy atom. The predicted octanol–water partition coefficient (Wildman–Crippen LogP) is 2.81. The second-order valence-corrected chi connectivity index (χ2v) is 10.8. The molecular weight excluding hydrogens is 471 g/mol. The molecule has 1 unspecified atom stereocenters. The quantitative estimate of drug-likeness (QED) is 0.515. The summed E-state index contributed by atoms with van der Waals surface area (Å²) in [6.07, 6.45) is 4.87. The zero-order valence-electron chi connectivity index (χ0n) is 19.7. The molecule has 188 valence electrons. The highest BCUT2D eigenvalue weighted by atomic mass is 32.2. The number of benzene rings is 2. The molecule has 8 nitrogen and oxygen atoms in total. The summed E-state index contributed by atoms with van der Waals surface area (Å²) in [5, 5.41) is 3.09. The second kappa shape index (κ2) is 10.8. The summed E-state index contributed by atoms with van der Waals surface area (Å²) in [5.74, 6) is -1.60. The van der Waals surface area contributed by atoms with Crippen molar-refractivity contribution in [2.75, 3.05) is 24.5 Å². The number of hydrogen-bond donors (Lipinski definition) is 2. The third kappa shape index (κ3) is 6.25. The molecule has 0 spiro atoms. The van der Waals surface area contributed by atoms with E-state index in [1.807, 2.05) is 19.1 Å². The van der Waals surface area contributed by atoms with Crippen LogP contribution in [0.3, 0.4) is 0 Å². The summed E-state index contributed by atoms with van der Waals surface area (Å²) < 4.78 is 42.4. The van der Waals surface area contributed by atoms with Gasteiger partial charge in [-0.2, -0.15) is 17.4 Å². The lowest BCUT2D eigenvalue weighted by Crippen LogP contribution is -2.50. The average molecular weight is 503 g/mol. The van der Waals surface area contributed by atoms with E-state index < -0.39 is 34.5 Å². The molecule has 0 aromatic heterocycles. The first-order valence-corrected chi connectivity index (χ1v) is 13.4. The van der Waals surface area contributed by atoms with Crippen molar-refractivity contribution in [3.05, 3.63) is 65.5 Å². The highest BCUT2D eigenvalue weighted by Crippen LogP contribution is 2.31. The molecule has 0 bridgehead atoms. The fourth-order valence-corrected chi connectivity index (χ4v) is 5.54. The van der Waals surface area contributed by atoms with Crippen molar-refractivity contribution in [1.29, 1.82) is 0 Å². The van der Waals surface area contributed by atoms with Crippen LogP contribution in [0.4, 0.5) is 10.1 Å². The molecule has 1 aliphatic heterocycles. The molecule has 2 N–H and O–H groups in total. The molecule has 2 aromatic carbocycles. The Morgan fingerprint density at radius 1 is 1.09 bits per heavy atom. The maximum Gasteiger partial charge on any atom is 0.280 e. The van der Waals surface area contributed by atoms with Crippen molar-refractivity contribution >= 4 is 27.7 Å². The smallest absolute Gasteiger partial charge is 0.280 e. The fourth-order valence-electron chi connectivity index (χ4n) is 4.49. The Hall–Kier alpha value is -2.82. The van der Waals surface area contributed by atoms with Crippen molar-refractivity contribution in [2.45, 2.75) is 51.1 Å². The van der Waals surface area contributed by atoms with Crippen molar-refractivity contribution in [3.8, 4) is 0 Å². The van der Waals surface area contributed by atoms with Gasteiger partial charge < -0.3 is 5.32 Å². The molecule has 2 amide bonds. The summed E-state index contributed by atoms with van der Waals surface area (Å²) >= 11 is 0. The first-order valence-electron chi connectivity index (χ1n) is 11.9. The van der Waals surface area contributed by atoms with Gasteiger partial charge in [-0.25, -0.2) is 4.39 Å². The zero-order chi connectivity index (χ0) is 25.0. The van der Waals surface area contributed by atoms with Crippen LogP contribution < -0.4 is 14.9 Å². The monoisotopic (exact) mass is 502 g/mol. The van der Waals surface area contributed by atoms with Gasteiger partial charge >= 0.3 is 0 Å². The largest absolute Gasteiger partial charge is 0.351 e. The third-order valence-corrected chi connectivity index (χ3v) is 8.00. The van der Waals surface area contributed by atoms with E-state index in [1.54, 1.807) is 18.2 Å². The first-order chi connectivity index (χ1) is 16.8. The number of amides is 2. The number of carbonyl (C=O) groups excluding carboxylic acids is 2. The van der Waals surface area contributed by atoms with E-state index in [1.165, 1.54) is 27.4 Å². The molecule has 2 fully saturated rings. The van der Waals surface area contributed by atoms with Crippen molar-refractivity contribution in [1.82, 2.24) is 14.3 Å².